The summed E-state index contributed by atoms with van der Waals surface area (Å²) in [6, 6.07) is 1.60. The molecule has 0 amide bonds. The second-order valence-corrected chi connectivity index (χ2v) is 3.94. The highest BCUT2D eigenvalue weighted by Crippen LogP contribution is 2.28. The SMILES string of the molecule is N#Cc1c(I)cnc(C(=O)Cl)c1C(F)F. The lowest BCUT2D eigenvalue weighted by atomic mass is 10.1. The molecule has 0 spiro atoms. The van der Waals surface area contributed by atoms with Gasteiger partial charge in [-0.1, -0.05) is 0 Å². The van der Waals surface area contributed by atoms with E-state index in [4.69, 9.17) is 16.9 Å². The third-order valence-electron chi connectivity index (χ3n) is 1.59. The van der Waals surface area contributed by atoms with Crippen LogP contribution in [-0.2, 0) is 0 Å². The summed E-state index contributed by atoms with van der Waals surface area (Å²) in [7, 11) is 0. The van der Waals surface area contributed by atoms with E-state index in [2.05, 4.69) is 4.98 Å². The van der Waals surface area contributed by atoms with Crippen LogP contribution in [0.25, 0.3) is 0 Å². The predicted molar refractivity (Wildman–Crippen MR) is 56.8 cm³/mol. The maximum atomic E-state index is 12.6. The highest BCUT2D eigenvalue weighted by Gasteiger charge is 2.24. The van der Waals surface area contributed by atoms with Crippen molar-refractivity contribution in [2.75, 3.05) is 0 Å². The summed E-state index contributed by atoms with van der Waals surface area (Å²) >= 11 is 6.77. The Kier molecular flexibility index (Phi) is 3.93. The lowest BCUT2D eigenvalue weighted by Crippen LogP contribution is -2.06. The van der Waals surface area contributed by atoms with Crippen LogP contribution in [0.1, 0.15) is 28.0 Å². The van der Waals surface area contributed by atoms with E-state index in [1.807, 2.05) is 0 Å². The fraction of sp³-hybridized carbons (Fsp3) is 0.125. The number of aromatic nitrogens is 1. The highest BCUT2D eigenvalue weighted by molar-refractivity contribution is 14.1. The van der Waals surface area contributed by atoms with Gasteiger partial charge < -0.3 is 0 Å². The number of hydrogen-bond acceptors (Lipinski definition) is 3. The first-order valence-corrected chi connectivity index (χ1v) is 5.01. The second kappa shape index (κ2) is 4.81. The lowest BCUT2D eigenvalue weighted by molar-refractivity contribution is 0.106. The van der Waals surface area contributed by atoms with Crippen LogP contribution in [0.2, 0.25) is 0 Å². The minimum atomic E-state index is -2.96. The fourth-order valence-electron chi connectivity index (χ4n) is 0.985. The summed E-state index contributed by atoms with van der Waals surface area (Å²) in [6.07, 6.45) is -1.81. The van der Waals surface area contributed by atoms with Gasteiger partial charge in [0.05, 0.1) is 11.1 Å². The lowest BCUT2D eigenvalue weighted by Gasteiger charge is -2.07. The molecule has 0 saturated carbocycles. The van der Waals surface area contributed by atoms with Crippen LogP contribution in [0, 0.1) is 14.9 Å². The molecule has 0 aromatic carbocycles. The third kappa shape index (κ3) is 2.41. The minimum absolute atomic E-state index is 0.257. The van der Waals surface area contributed by atoms with Gasteiger partial charge >= 0.3 is 0 Å². The van der Waals surface area contributed by atoms with Crippen molar-refractivity contribution in [1.82, 2.24) is 4.98 Å². The van der Waals surface area contributed by atoms with E-state index < -0.39 is 22.9 Å². The summed E-state index contributed by atoms with van der Waals surface area (Å²) in [4.78, 5) is 14.3. The van der Waals surface area contributed by atoms with Crippen molar-refractivity contribution in [3.8, 4) is 6.07 Å². The van der Waals surface area contributed by atoms with Crippen LogP contribution in [0.4, 0.5) is 8.78 Å². The Morgan fingerprint density at radius 3 is 2.67 bits per heavy atom. The number of carbonyl (C=O) groups excluding carboxylic acids is 1. The van der Waals surface area contributed by atoms with Gasteiger partial charge in [-0.2, -0.15) is 5.26 Å². The third-order valence-corrected chi connectivity index (χ3v) is 2.58. The average Bonchev–Trinajstić information content (AvgIpc) is 2.16. The Labute approximate surface area is 102 Å². The molecular weight excluding hydrogens is 340 g/mol. The van der Waals surface area contributed by atoms with E-state index in [9.17, 15) is 13.6 Å². The molecule has 3 nitrogen and oxygen atoms in total. The highest BCUT2D eigenvalue weighted by atomic mass is 127. The molecule has 78 valence electrons. The molecule has 0 radical (unpaired) electrons. The number of alkyl halides is 2. The molecule has 1 heterocycles. The molecular formula is C8H2ClF2IN2O. The zero-order valence-corrected chi connectivity index (χ0v) is 9.88. The van der Waals surface area contributed by atoms with Crippen LogP contribution in [0.15, 0.2) is 6.20 Å². The van der Waals surface area contributed by atoms with Crippen LogP contribution in [0.3, 0.4) is 0 Å². The molecule has 0 aliphatic rings. The van der Waals surface area contributed by atoms with Crippen molar-refractivity contribution in [2.24, 2.45) is 0 Å². The summed E-state index contributed by atoms with van der Waals surface area (Å²) in [5, 5.41) is 7.59. The molecule has 15 heavy (non-hydrogen) atoms. The normalized spacial score (nSPS) is 10.1. The molecule has 0 saturated heterocycles. The van der Waals surface area contributed by atoms with Crippen molar-refractivity contribution < 1.29 is 13.6 Å². The first-order valence-electron chi connectivity index (χ1n) is 3.55. The molecule has 1 aromatic heterocycles. The quantitative estimate of drug-likeness (QED) is 0.613. The van der Waals surface area contributed by atoms with Gasteiger partial charge in [-0.3, -0.25) is 9.78 Å². The monoisotopic (exact) mass is 342 g/mol. The van der Waals surface area contributed by atoms with Gasteiger partial charge in [-0.05, 0) is 34.2 Å². The molecule has 0 atom stereocenters. The smallest absolute Gasteiger partial charge is 0.271 e. The molecule has 1 rings (SSSR count). The van der Waals surface area contributed by atoms with Gasteiger partial charge in [-0.15, -0.1) is 0 Å². The van der Waals surface area contributed by atoms with Gasteiger partial charge in [0.15, 0.2) is 0 Å². The topological polar surface area (TPSA) is 53.8 Å². The van der Waals surface area contributed by atoms with Crippen LogP contribution < -0.4 is 0 Å². The number of pyridine rings is 1. The van der Waals surface area contributed by atoms with Gasteiger partial charge in [0.25, 0.3) is 11.7 Å². The predicted octanol–water partition coefficient (Wildman–Crippen LogP) is 2.87. The van der Waals surface area contributed by atoms with Gasteiger partial charge in [0.2, 0.25) is 0 Å². The maximum Gasteiger partial charge on any atom is 0.271 e. The number of rotatable bonds is 2. The van der Waals surface area contributed by atoms with E-state index in [0.29, 0.717) is 0 Å². The molecule has 0 N–H and O–H groups in total. The second-order valence-electron chi connectivity index (χ2n) is 2.43. The molecule has 0 aliphatic carbocycles. The van der Waals surface area contributed by atoms with Gasteiger partial charge in [-0.25, -0.2) is 8.78 Å². The Balaban J connectivity index is 3.58. The average molecular weight is 342 g/mol. The molecule has 0 bridgehead atoms. The van der Waals surface area contributed by atoms with Crippen molar-refractivity contribution in [3.05, 3.63) is 26.6 Å². The minimum Gasteiger partial charge on any atom is -0.274 e. The largest absolute Gasteiger partial charge is 0.274 e. The molecule has 1 aromatic rings. The first-order chi connectivity index (χ1) is 6.99. The van der Waals surface area contributed by atoms with Crippen molar-refractivity contribution in [1.29, 1.82) is 5.26 Å². The molecule has 0 unspecified atom stereocenters. The number of nitrogens with zero attached hydrogens (tertiary/aromatic N) is 2. The first kappa shape index (κ1) is 12.3. The van der Waals surface area contributed by atoms with Crippen molar-refractivity contribution in [2.45, 2.75) is 6.43 Å². The van der Waals surface area contributed by atoms with E-state index in [1.54, 1.807) is 28.7 Å². The van der Waals surface area contributed by atoms with Crippen LogP contribution in [0.5, 0.6) is 0 Å². The fourth-order valence-corrected chi connectivity index (χ4v) is 1.69. The van der Waals surface area contributed by atoms with E-state index in [1.165, 1.54) is 0 Å². The summed E-state index contributed by atoms with van der Waals surface area (Å²) < 4.78 is 25.5. The Morgan fingerprint density at radius 1 is 1.67 bits per heavy atom. The van der Waals surface area contributed by atoms with E-state index in [0.717, 1.165) is 6.20 Å². The van der Waals surface area contributed by atoms with Crippen molar-refractivity contribution >= 4 is 39.4 Å². The zero-order valence-electron chi connectivity index (χ0n) is 6.97. The maximum absolute atomic E-state index is 12.6. The van der Waals surface area contributed by atoms with Gasteiger partial charge in [0, 0.05) is 9.77 Å². The van der Waals surface area contributed by atoms with Gasteiger partial charge in [0.1, 0.15) is 11.8 Å². The molecule has 7 heteroatoms. The number of hydrogen-bond donors (Lipinski definition) is 0. The van der Waals surface area contributed by atoms with E-state index >= 15 is 0 Å². The zero-order chi connectivity index (χ0) is 11.6. The Bertz CT molecular complexity index is 459. The standard InChI is InChI=1S/C8H2ClF2IN2O/c9-7(15)6-5(8(10)11)3(1-13)4(12)2-14-6/h2,8H. The Hall–Kier alpha value is -0.810. The molecule has 0 aliphatic heterocycles. The number of carbonyl (C=O) groups is 1. The van der Waals surface area contributed by atoms with Crippen molar-refractivity contribution in [3.63, 3.8) is 0 Å². The summed E-state index contributed by atoms with van der Waals surface area (Å²) in [5.41, 5.74) is -1.53. The number of halogens is 4. The summed E-state index contributed by atoms with van der Waals surface area (Å²) in [5.74, 6) is 0. The van der Waals surface area contributed by atoms with Crippen LogP contribution >= 0.6 is 34.2 Å². The number of nitriles is 1. The summed E-state index contributed by atoms with van der Waals surface area (Å²) in [6.45, 7) is 0. The van der Waals surface area contributed by atoms with E-state index in [-0.39, 0.29) is 9.13 Å². The molecule has 0 fully saturated rings. The van der Waals surface area contributed by atoms with Crippen LogP contribution in [-0.4, -0.2) is 10.2 Å². The Morgan fingerprint density at radius 2 is 2.27 bits per heavy atom.